The highest BCUT2D eigenvalue weighted by Crippen LogP contribution is 2.37. The van der Waals surface area contributed by atoms with Crippen molar-refractivity contribution in [3.8, 4) is 0 Å². The van der Waals surface area contributed by atoms with Crippen molar-refractivity contribution in [3.63, 3.8) is 0 Å². The van der Waals surface area contributed by atoms with E-state index in [-0.39, 0.29) is 31.0 Å². The molecule has 0 aromatic heterocycles. The van der Waals surface area contributed by atoms with Crippen molar-refractivity contribution in [2.75, 3.05) is 13.1 Å². The van der Waals surface area contributed by atoms with Crippen LogP contribution in [0.5, 0.6) is 0 Å². The fraction of sp³-hybridized carbons (Fsp3) is 0.462. The molecule has 1 saturated heterocycles. The fourth-order valence-electron chi connectivity index (χ4n) is 2.45. The number of sulfonamides is 1. The minimum Gasteiger partial charge on any atom is -0.481 e. The molecule has 5 nitrogen and oxygen atoms in total. The highest BCUT2D eigenvalue weighted by atomic mass is 35.5. The minimum absolute atomic E-state index is 0.0318. The van der Waals surface area contributed by atoms with Crippen molar-refractivity contribution in [2.45, 2.75) is 23.9 Å². The van der Waals surface area contributed by atoms with Crippen LogP contribution in [0.1, 0.15) is 18.4 Å². The molecule has 1 atom stereocenters. The predicted octanol–water partition coefficient (Wildman–Crippen LogP) is 2.84. The van der Waals surface area contributed by atoms with Gasteiger partial charge in [-0.1, -0.05) is 11.6 Å². The molecular formula is C13H13ClF3NO4S. The summed E-state index contributed by atoms with van der Waals surface area (Å²) in [6, 6.07) is 2.30. The highest BCUT2D eigenvalue weighted by Gasteiger charge is 2.41. The Bertz CT molecular complexity index is 720. The molecule has 128 valence electrons. The molecule has 0 spiro atoms. The number of piperidine rings is 1. The Hall–Kier alpha value is -1.32. The summed E-state index contributed by atoms with van der Waals surface area (Å²) in [6.45, 7) is -0.391. The van der Waals surface area contributed by atoms with E-state index in [9.17, 15) is 26.4 Å². The zero-order chi connectivity index (χ0) is 17.4. The van der Waals surface area contributed by atoms with Crippen LogP contribution < -0.4 is 0 Å². The van der Waals surface area contributed by atoms with Gasteiger partial charge in [0.05, 0.1) is 16.4 Å². The second-order valence-electron chi connectivity index (χ2n) is 5.18. The number of halogens is 4. The average Bonchev–Trinajstić information content (AvgIpc) is 2.46. The van der Waals surface area contributed by atoms with Crippen LogP contribution in [0.25, 0.3) is 0 Å². The van der Waals surface area contributed by atoms with Crippen molar-refractivity contribution in [1.29, 1.82) is 0 Å². The summed E-state index contributed by atoms with van der Waals surface area (Å²) in [5.74, 6) is -2.11. The van der Waals surface area contributed by atoms with Gasteiger partial charge in [0, 0.05) is 18.1 Å². The van der Waals surface area contributed by atoms with E-state index >= 15 is 0 Å². The van der Waals surface area contributed by atoms with E-state index in [0.717, 1.165) is 16.4 Å². The van der Waals surface area contributed by atoms with Crippen LogP contribution in [0.3, 0.4) is 0 Å². The molecular weight excluding hydrogens is 359 g/mol. The van der Waals surface area contributed by atoms with Gasteiger partial charge < -0.3 is 5.11 Å². The minimum atomic E-state index is -4.87. The van der Waals surface area contributed by atoms with E-state index in [2.05, 4.69) is 0 Å². The number of carboxylic acids is 1. The molecule has 0 aliphatic carbocycles. The maximum absolute atomic E-state index is 13.1. The van der Waals surface area contributed by atoms with Crippen LogP contribution in [0, 0.1) is 5.92 Å². The topological polar surface area (TPSA) is 74.7 Å². The maximum Gasteiger partial charge on any atom is 0.417 e. The molecule has 1 fully saturated rings. The average molecular weight is 372 g/mol. The van der Waals surface area contributed by atoms with Gasteiger partial charge in [0.1, 0.15) is 0 Å². The third-order valence-corrected chi connectivity index (χ3v) is 5.74. The lowest BCUT2D eigenvalue weighted by atomic mass is 10.0. The van der Waals surface area contributed by atoms with Gasteiger partial charge in [-0.05, 0) is 31.0 Å². The largest absolute Gasteiger partial charge is 0.481 e. The second-order valence-corrected chi connectivity index (χ2v) is 7.52. The van der Waals surface area contributed by atoms with Gasteiger partial charge in [-0.2, -0.15) is 17.5 Å². The van der Waals surface area contributed by atoms with Crippen LogP contribution in [0.4, 0.5) is 13.2 Å². The molecule has 23 heavy (non-hydrogen) atoms. The van der Waals surface area contributed by atoms with Crippen molar-refractivity contribution in [2.24, 2.45) is 5.92 Å². The van der Waals surface area contributed by atoms with E-state index in [1.165, 1.54) is 0 Å². The zero-order valence-corrected chi connectivity index (χ0v) is 13.2. The van der Waals surface area contributed by atoms with Crippen LogP contribution in [0.2, 0.25) is 5.02 Å². The second kappa shape index (κ2) is 6.29. The van der Waals surface area contributed by atoms with Gasteiger partial charge in [0.2, 0.25) is 10.0 Å². The van der Waals surface area contributed by atoms with Crippen molar-refractivity contribution in [3.05, 3.63) is 28.8 Å². The smallest absolute Gasteiger partial charge is 0.417 e. The SMILES string of the molecule is O=C(O)C1CCCN(S(=O)(=O)c2cc(Cl)ccc2C(F)(F)F)C1. The van der Waals surface area contributed by atoms with Gasteiger partial charge in [-0.15, -0.1) is 0 Å². The summed E-state index contributed by atoms with van der Waals surface area (Å²) in [5, 5.41) is 8.85. The number of hydrogen-bond donors (Lipinski definition) is 1. The molecule has 0 saturated carbocycles. The first-order valence-corrected chi connectivity index (χ1v) is 8.45. The highest BCUT2D eigenvalue weighted by molar-refractivity contribution is 7.89. The van der Waals surface area contributed by atoms with E-state index in [0.29, 0.717) is 6.07 Å². The van der Waals surface area contributed by atoms with E-state index in [4.69, 9.17) is 16.7 Å². The molecule has 1 unspecified atom stereocenters. The number of benzene rings is 1. The van der Waals surface area contributed by atoms with Crippen LogP contribution >= 0.6 is 11.6 Å². The summed E-state index contributed by atoms with van der Waals surface area (Å²) in [7, 11) is -4.50. The molecule has 0 bridgehead atoms. The van der Waals surface area contributed by atoms with E-state index < -0.39 is 38.5 Å². The summed E-state index contributed by atoms with van der Waals surface area (Å²) in [5.41, 5.74) is -1.32. The zero-order valence-electron chi connectivity index (χ0n) is 11.7. The van der Waals surface area contributed by atoms with Gasteiger partial charge in [0.15, 0.2) is 0 Å². The Morgan fingerprint density at radius 3 is 2.57 bits per heavy atom. The normalized spacial score (nSPS) is 20.4. The van der Waals surface area contributed by atoms with Crippen molar-refractivity contribution in [1.82, 2.24) is 4.31 Å². The van der Waals surface area contributed by atoms with Crippen molar-refractivity contribution >= 4 is 27.6 Å². The lowest BCUT2D eigenvalue weighted by molar-refractivity contribution is -0.143. The van der Waals surface area contributed by atoms with Crippen LogP contribution in [0.15, 0.2) is 23.1 Å². The third-order valence-electron chi connectivity index (χ3n) is 3.60. The lowest BCUT2D eigenvalue weighted by Crippen LogP contribution is -2.42. The summed E-state index contributed by atoms with van der Waals surface area (Å²) in [6.07, 6.45) is -4.32. The number of nitrogens with zero attached hydrogens (tertiary/aromatic N) is 1. The van der Waals surface area contributed by atoms with Gasteiger partial charge in [-0.25, -0.2) is 8.42 Å². The standard InChI is InChI=1S/C13H13ClF3NO4S/c14-9-3-4-10(13(15,16)17)11(6-9)23(21,22)18-5-1-2-8(7-18)12(19)20/h3-4,6,8H,1-2,5,7H2,(H,19,20). The first-order chi connectivity index (χ1) is 10.5. The molecule has 1 aromatic rings. The first kappa shape index (κ1) is 18.0. The van der Waals surface area contributed by atoms with E-state index in [1.807, 2.05) is 0 Å². The molecule has 1 aliphatic rings. The number of rotatable bonds is 3. The maximum atomic E-state index is 13.1. The van der Waals surface area contributed by atoms with Crippen LogP contribution in [-0.2, 0) is 21.0 Å². The molecule has 1 aromatic carbocycles. The molecule has 1 N–H and O–H groups in total. The predicted molar refractivity (Wildman–Crippen MR) is 75.6 cm³/mol. The molecule has 1 heterocycles. The first-order valence-electron chi connectivity index (χ1n) is 6.63. The Kier molecular flexibility index (Phi) is 4.93. The quantitative estimate of drug-likeness (QED) is 0.886. The Labute approximate surface area is 135 Å². The summed E-state index contributed by atoms with van der Waals surface area (Å²) >= 11 is 5.65. The van der Waals surface area contributed by atoms with Crippen molar-refractivity contribution < 1.29 is 31.5 Å². The number of aliphatic carboxylic acids is 1. The van der Waals surface area contributed by atoms with Gasteiger partial charge >= 0.3 is 12.1 Å². The fourth-order valence-corrected chi connectivity index (χ4v) is 4.44. The number of alkyl halides is 3. The van der Waals surface area contributed by atoms with Crippen LogP contribution in [-0.4, -0.2) is 36.9 Å². The molecule has 2 rings (SSSR count). The van der Waals surface area contributed by atoms with Gasteiger partial charge in [-0.3, -0.25) is 4.79 Å². The molecule has 1 aliphatic heterocycles. The monoisotopic (exact) mass is 371 g/mol. The number of carbonyl (C=O) groups is 1. The summed E-state index contributed by atoms with van der Waals surface area (Å²) in [4.78, 5) is 10.1. The summed E-state index contributed by atoms with van der Waals surface area (Å²) < 4.78 is 65.1. The number of carboxylic acid groups (broad SMARTS) is 1. The number of hydrogen-bond acceptors (Lipinski definition) is 3. The Morgan fingerprint density at radius 1 is 1.35 bits per heavy atom. The molecule has 0 radical (unpaired) electrons. The van der Waals surface area contributed by atoms with Gasteiger partial charge in [0.25, 0.3) is 0 Å². The molecule has 0 amide bonds. The van der Waals surface area contributed by atoms with E-state index in [1.54, 1.807) is 0 Å². The lowest BCUT2D eigenvalue weighted by Gasteiger charge is -2.30. The Balaban J connectivity index is 2.48. The Morgan fingerprint density at radius 2 is 2.00 bits per heavy atom. The molecule has 10 heteroatoms. The third kappa shape index (κ3) is 3.78.